The number of benzene rings is 4. The number of rotatable bonds is 3. The van der Waals surface area contributed by atoms with Crippen LogP contribution in [0, 0.1) is 0 Å². The Bertz CT molecular complexity index is 1300. The predicted octanol–water partition coefficient (Wildman–Crippen LogP) is 3.71. The second-order valence-corrected chi connectivity index (χ2v) is 7.04. The minimum Gasteiger partial charge on any atom is -0.365 e. The van der Waals surface area contributed by atoms with E-state index in [-0.39, 0.29) is 5.78 Å². The summed E-state index contributed by atoms with van der Waals surface area (Å²) in [5, 5.41) is 7.15. The third-order valence-corrected chi connectivity index (χ3v) is 5.28. The highest BCUT2D eigenvalue weighted by atomic mass is 16.1. The molecule has 0 N–H and O–H groups in total. The van der Waals surface area contributed by atoms with Gasteiger partial charge in [0.15, 0.2) is 5.78 Å². The van der Waals surface area contributed by atoms with Crippen molar-refractivity contribution in [3.63, 3.8) is 0 Å². The first-order chi connectivity index (χ1) is 13.3. The first-order valence-electron chi connectivity index (χ1n) is 9.24. The molecule has 1 aliphatic heterocycles. The smallest absolute Gasteiger partial charge is 0.182 e. The SMILES string of the molecule is O=C(CN1C=c2ccccc2=CC1)c1ccc2c(ccc3ccccc32)c1. The summed E-state index contributed by atoms with van der Waals surface area (Å²) in [6, 6.07) is 26.9. The maximum atomic E-state index is 12.9. The van der Waals surface area contributed by atoms with Gasteiger partial charge < -0.3 is 4.90 Å². The zero-order valence-electron chi connectivity index (χ0n) is 14.9. The molecule has 0 spiro atoms. The van der Waals surface area contributed by atoms with Crippen LogP contribution in [0.2, 0.25) is 0 Å². The molecule has 130 valence electrons. The van der Waals surface area contributed by atoms with Gasteiger partial charge in [0.1, 0.15) is 0 Å². The highest BCUT2D eigenvalue weighted by molar-refractivity contribution is 6.10. The Kier molecular flexibility index (Phi) is 3.75. The molecule has 0 aliphatic carbocycles. The van der Waals surface area contributed by atoms with Crippen molar-refractivity contribution in [1.82, 2.24) is 4.90 Å². The molecule has 5 rings (SSSR count). The topological polar surface area (TPSA) is 20.3 Å². The quantitative estimate of drug-likeness (QED) is 0.415. The minimum absolute atomic E-state index is 0.147. The number of hydrogen-bond acceptors (Lipinski definition) is 2. The van der Waals surface area contributed by atoms with Crippen LogP contribution in [0.5, 0.6) is 0 Å². The lowest BCUT2D eigenvalue weighted by Gasteiger charge is -2.20. The van der Waals surface area contributed by atoms with E-state index in [1.54, 1.807) is 0 Å². The van der Waals surface area contributed by atoms with Gasteiger partial charge in [-0.25, -0.2) is 0 Å². The highest BCUT2D eigenvalue weighted by Crippen LogP contribution is 2.26. The van der Waals surface area contributed by atoms with Gasteiger partial charge in [-0.15, -0.1) is 0 Å². The number of carbonyl (C=O) groups excluding carboxylic acids is 1. The summed E-state index contributed by atoms with van der Waals surface area (Å²) in [7, 11) is 0. The van der Waals surface area contributed by atoms with Gasteiger partial charge in [-0.05, 0) is 38.0 Å². The van der Waals surface area contributed by atoms with Crippen molar-refractivity contribution in [1.29, 1.82) is 0 Å². The van der Waals surface area contributed by atoms with E-state index in [1.807, 2.05) is 24.3 Å². The van der Waals surface area contributed by atoms with Crippen molar-refractivity contribution in [2.75, 3.05) is 13.1 Å². The van der Waals surface area contributed by atoms with Crippen LogP contribution < -0.4 is 10.4 Å². The van der Waals surface area contributed by atoms with Gasteiger partial charge in [-0.3, -0.25) is 4.79 Å². The summed E-state index contributed by atoms with van der Waals surface area (Å²) in [6.45, 7) is 1.16. The van der Waals surface area contributed by atoms with Gasteiger partial charge in [0.05, 0.1) is 6.54 Å². The van der Waals surface area contributed by atoms with Crippen LogP contribution in [0.1, 0.15) is 10.4 Å². The molecule has 2 heteroatoms. The monoisotopic (exact) mass is 349 g/mol. The molecule has 0 saturated heterocycles. The van der Waals surface area contributed by atoms with Crippen LogP contribution in [0.4, 0.5) is 0 Å². The molecule has 4 aromatic rings. The van der Waals surface area contributed by atoms with Gasteiger partial charge in [0, 0.05) is 18.3 Å². The highest BCUT2D eigenvalue weighted by Gasteiger charge is 2.12. The van der Waals surface area contributed by atoms with Gasteiger partial charge in [0.2, 0.25) is 0 Å². The van der Waals surface area contributed by atoms with Gasteiger partial charge in [0.25, 0.3) is 0 Å². The van der Waals surface area contributed by atoms with Crippen molar-refractivity contribution < 1.29 is 4.79 Å². The fraction of sp³-hybridized carbons (Fsp3) is 0.0800. The van der Waals surface area contributed by atoms with Crippen molar-refractivity contribution in [2.45, 2.75) is 0 Å². The van der Waals surface area contributed by atoms with Crippen molar-refractivity contribution in [3.05, 3.63) is 94.9 Å². The molecular weight excluding hydrogens is 330 g/mol. The van der Waals surface area contributed by atoms with Crippen molar-refractivity contribution in [3.8, 4) is 0 Å². The summed E-state index contributed by atoms with van der Waals surface area (Å²) in [5.74, 6) is 0.147. The Labute approximate surface area is 157 Å². The average molecular weight is 349 g/mol. The molecular formula is C25H19NO. The summed E-state index contributed by atoms with van der Waals surface area (Å²) >= 11 is 0. The number of fused-ring (bicyclic) bond motifs is 4. The molecule has 0 fully saturated rings. The van der Waals surface area contributed by atoms with E-state index in [9.17, 15) is 4.79 Å². The first kappa shape index (κ1) is 15.8. The maximum absolute atomic E-state index is 12.9. The lowest BCUT2D eigenvalue weighted by atomic mass is 9.99. The second kappa shape index (κ2) is 6.40. The standard InChI is InChI=1S/C25H19NO/c27-25(17-26-14-13-18-5-1-2-7-22(18)16-26)21-11-12-24-20(15-21)10-9-19-6-3-4-8-23(19)24/h1-13,15-16H,14,17H2. The molecule has 1 heterocycles. The van der Waals surface area contributed by atoms with Crippen molar-refractivity contribution >= 4 is 39.6 Å². The fourth-order valence-electron chi connectivity index (χ4n) is 3.85. The normalized spacial score (nSPS) is 13.1. The number of carbonyl (C=O) groups is 1. The Hall–Kier alpha value is -3.39. The Morgan fingerprint density at radius 2 is 1.52 bits per heavy atom. The van der Waals surface area contributed by atoms with Gasteiger partial charge in [-0.1, -0.05) is 78.9 Å². The number of hydrogen-bond donors (Lipinski definition) is 0. The molecule has 1 aliphatic rings. The van der Waals surface area contributed by atoms with Crippen LogP contribution in [-0.4, -0.2) is 23.8 Å². The predicted molar refractivity (Wildman–Crippen MR) is 112 cm³/mol. The molecule has 0 atom stereocenters. The molecule has 0 amide bonds. The molecule has 0 bridgehead atoms. The van der Waals surface area contributed by atoms with E-state index < -0.39 is 0 Å². The van der Waals surface area contributed by atoms with Gasteiger partial charge in [-0.2, -0.15) is 0 Å². The lowest BCUT2D eigenvalue weighted by Crippen LogP contribution is -2.37. The maximum Gasteiger partial charge on any atom is 0.182 e. The minimum atomic E-state index is 0.147. The van der Waals surface area contributed by atoms with E-state index in [1.165, 1.54) is 26.6 Å². The average Bonchev–Trinajstić information content (AvgIpc) is 2.73. The van der Waals surface area contributed by atoms with E-state index >= 15 is 0 Å². The van der Waals surface area contributed by atoms with E-state index in [2.05, 4.69) is 71.8 Å². The Balaban J connectivity index is 1.46. The van der Waals surface area contributed by atoms with Crippen LogP contribution in [-0.2, 0) is 0 Å². The van der Waals surface area contributed by atoms with E-state index in [0.717, 1.165) is 17.5 Å². The number of ketones is 1. The number of Topliss-reactive ketones (excluding diaryl/α,β-unsaturated/α-hetero) is 1. The summed E-state index contributed by atoms with van der Waals surface area (Å²) < 4.78 is 0. The summed E-state index contributed by atoms with van der Waals surface area (Å²) in [4.78, 5) is 14.9. The molecule has 0 radical (unpaired) electrons. The molecule has 0 saturated carbocycles. The molecule has 0 aromatic heterocycles. The van der Waals surface area contributed by atoms with Crippen LogP contribution in [0.15, 0.2) is 78.9 Å². The largest absolute Gasteiger partial charge is 0.365 e. The second-order valence-electron chi connectivity index (χ2n) is 7.04. The lowest BCUT2D eigenvalue weighted by molar-refractivity contribution is 0.0966. The zero-order valence-corrected chi connectivity index (χ0v) is 14.9. The summed E-state index contributed by atoms with van der Waals surface area (Å²) in [6.07, 6.45) is 4.26. The Morgan fingerprint density at radius 1 is 0.778 bits per heavy atom. The van der Waals surface area contributed by atoms with E-state index in [0.29, 0.717) is 6.54 Å². The third kappa shape index (κ3) is 2.89. The van der Waals surface area contributed by atoms with Crippen LogP contribution in [0.25, 0.3) is 33.8 Å². The molecule has 27 heavy (non-hydrogen) atoms. The fourth-order valence-corrected chi connectivity index (χ4v) is 3.85. The third-order valence-electron chi connectivity index (χ3n) is 5.28. The van der Waals surface area contributed by atoms with Crippen molar-refractivity contribution in [2.24, 2.45) is 0 Å². The Morgan fingerprint density at radius 3 is 2.44 bits per heavy atom. The zero-order chi connectivity index (χ0) is 18.2. The molecule has 2 nitrogen and oxygen atoms in total. The first-order valence-corrected chi connectivity index (χ1v) is 9.24. The molecule has 0 unspecified atom stereocenters. The van der Waals surface area contributed by atoms with Crippen LogP contribution in [0.3, 0.4) is 0 Å². The number of nitrogens with zero attached hydrogens (tertiary/aromatic N) is 1. The summed E-state index contributed by atoms with van der Waals surface area (Å²) in [5.41, 5.74) is 0.769. The van der Waals surface area contributed by atoms with Crippen LogP contribution >= 0.6 is 0 Å². The molecule has 4 aromatic carbocycles. The van der Waals surface area contributed by atoms with E-state index in [4.69, 9.17) is 0 Å². The van der Waals surface area contributed by atoms with Gasteiger partial charge >= 0.3 is 0 Å².